The van der Waals surface area contributed by atoms with E-state index in [1.54, 1.807) is 0 Å². The van der Waals surface area contributed by atoms with Crippen molar-refractivity contribution in [3.63, 3.8) is 0 Å². The first-order valence-electron chi connectivity index (χ1n) is 7.22. The van der Waals surface area contributed by atoms with Crippen LogP contribution >= 0.6 is 0 Å². The highest BCUT2D eigenvalue weighted by molar-refractivity contribution is 7.89. The van der Waals surface area contributed by atoms with E-state index in [0.717, 1.165) is 32.1 Å². The Morgan fingerprint density at radius 3 is 2.29 bits per heavy atom. The molecule has 0 amide bonds. The predicted molar refractivity (Wildman–Crippen MR) is 79.8 cm³/mol. The summed E-state index contributed by atoms with van der Waals surface area (Å²) in [4.78, 5) is 10.9. The van der Waals surface area contributed by atoms with Gasteiger partial charge in [-0.15, -0.1) is 0 Å². The average molecular weight is 311 g/mol. The molecular formula is C15H21NO4S. The Morgan fingerprint density at radius 1 is 1.24 bits per heavy atom. The van der Waals surface area contributed by atoms with E-state index in [1.165, 1.54) is 24.3 Å². The van der Waals surface area contributed by atoms with Gasteiger partial charge in [-0.3, -0.25) is 0 Å². The van der Waals surface area contributed by atoms with Crippen LogP contribution in [-0.2, 0) is 10.0 Å². The van der Waals surface area contributed by atoms with Gasteiger partial charge in [-0.2, -0.15) is 0 Å². The summed E-state index contributed by atoms with van der Waals surface area (Å²) in [5.41, 5.74) is 0.156. The number of hydrogen-bond donors (Lipinski definition) is 2. The Kier molecular flexibility index (Phi) is 4.68. The zero-order valence-electron chi connectivity index (χ0n) is 12.1. The SMILES string of the molecule is CCC1(CNS(=O)(=O)c2ccc(C(=O)O)cc2)CCCC1. The Hall–Kier alpha value is -1.40. The van der Waals surface area contributed by atoms with Crippen LogP contribution < -0.4 is 4.72 Å². The average Bonchev–Trinajstić information content (AvgIpc) is 2.95. The highest BCUT2D eigenvalue weighted by Crippen LogP contribution is 2.40. The van der Waals surface area contributed by atoms with Crippen molar-refractivity contribution in [1.29, 1.82) is 0 Å². The fraction of sp³-hybridized carbons (Fsp3) is 0.533. The number of carboxylic acids is 1. The molecule has 5 nitrogen and oxygen atoms in total. The van der Waals surface area contributed by atoms with Crippen molar-refractivity contribution in [2.45, 2.75) is 43.9 Å². The van der Waals surface area contributed by atoms with Crippen LogP contribution in [0.5, 0.6) is 0 Å². The number of nitrogens with one attached hydrogen (secondary N) is 1. The number of benzene rings is 1. The second-order valence-corrected chi connectivity index (χ2v) is 7.48. The fourth-order valence-electron chi connectivity index (χ4n) is 2.89. The van der Waals surface area contributed by atoms with Crippen LogP contribution in [0.4, 0.5) is 0 Å². The highest BCUT2D eigenvalue weighted by atomic mass is 32.2. The minimum absolute atomic E-state index is 0.0775. The molecule has 1 aliphatic carbocycles. The molecule has 2 rings (SSSR count). The molecule has 1 saturated carbocycles. The van der Waals surface area contributed by atoms with Crippen molar-refractivity contribution in [3.8, 4) is 0 Å². The molecule has 0 bridgehead atoms. The topological polar surface area (TPSA) is 83.5 Å². The Morgan fingerprint density at radius 2 is 1.81 bits per heavy atom. The molecule has 1 aromatic rings. The van der Waals surface area contributed by atoms with Gasteiger partial charge in [0.25, 0.3) is 0 Å². The molecule has 6 heteroatoms. The van der Waals surface area contributed by atoms with Gasteiger partial charge in [0.05, 0.1) is 10.5 Å². The van der Waals surface area contributed by atoms with Crippen LogP contribution in [0.15, 0.2) is 29.2 Å². The van der Waals surface area contributed by atoms with E-state index in [4.69, 9.17) is 5.11 Å². The molecule has 0 radical (unpaired) electrons. The maximum Gasteiger partial charge on any atom is 0.335 e. The third kappa shape index (κ3) is 3.63. The van der Waals surface area contributed by atoms with Gasteiger partial charge in [-0.1, -0.05) is 19.8 Å². The molecule has 0 unspecified atom stereocenters. The Labute approximate surface area is 125 Å². The van der Waals surface area contributed by atoms with Crippen molar-refractivity contribution in [3.05, 3.63) is 29.8 Å². The first kappa shape index (κ1) is 16.0. The van der Waals surface area contributed by atoms with Gasteiger partial charge in [0, 0.05) is 6.54 Å². The second-order valence-electron chi connectivity index (χ2n) is 5.71. The molecule has 1 fully saturated rings. The molecule has 1 aromatic carbocycles. The molecule has 0 aliphatic heterocycles. The number of aromatic carboxylic acids is 1. The van der Waals surface area contributed by atoms with Gasteiger partial charge < -0.3 is 5.11 Å². The Bertz CT molecular complexity index is 601. The zero-order valence-corrected chi connectivity index (χ0v) is 12.9. The summed E-state index contributed by atoms with van der Waals surface area (Å²) in [6, 6.07) is 5.28. The first-order valence-corrected chi connectivity index (χ1v) is 8.70. The number of hydrogen-bond acceptors (Lipinski definition) is 3. The maximum atomic E-state index is 12.3. The number of carboxylic acid groups (broad SMARTS) is 1. The molecule has 0 aromatic heterocycles. The summed E-state index contributed by atoms with van der Waals surface area (Å²) in [6.45, 7) is 2.55. The van der Waals surface area contributed by atoms with E-state index >= 15 is 0 Å². The summed E-state index contributed by atoms with van der Waals surface area (Å²) in [6.07, 6.45) is 5.40. The lowest BCUT2D eigenvalue weighted by Gasteiger charge is -2.27. The Balaban J connectivity index is 2.09. The highest BCUT2D eigenvalue weighted by Gasteiger charge is 2.33. The van der Waals surface area contributed by atoms with Crippen molar-refractivity contribution < 1.29 is 18.3 Å². The zero-order chi connectivity index (χ0) is 15.5. The standard InChI is InChI=1S/C15H21NO4S/c1-2-15(9-3-4-10-15)11-16-21(19,20)13-7-5-12(6-8-13)14(17)18/h5-8,16H,2-4,9-11H2,1H3,(H,17,18). The molecular weight excluding hydrogens is 290 g/mol. The van der Waals surface area contributed by atoms with Crippen LogP contribution in [0.2, 0.25) is 0 Å². The maximum absolute atomic E-state index is 12.3. The minimum atomic E-state index is -3.58. The lowest BCUT2D eigenvalue weighted by atomic mass is 9.84. The number of carbonyl (C=O) groups is 1. The number of sulfonamides is 1. The van der Waals surface area contributed by atoms with Gasteiger partial charge in [0.15, 0.2) is 0 Å². The second kappa shape index (κ2) is 6.15. The van der Waals surface area contributed by atoms with Crippen molar-refractivity contribution in [2.24, 2.45) is 5.41 Å². The summed E-state index contributed by atoms with van der Waals surface area (Å²) in [7, 11) is -3.58. The smallest absolute Gasteiger partial charge is 0.335 e. The molecule has 0 saturated heterocycles. The van der Waals surface area contributed by atoms with Gasteiger partial charge in [0.1, 0.15) is 0 Å². The monoisotopic (exact) mass is 311 g/mol. The third-order valence-electron chi connectivity index (χ3n) is 4.46. The largest absolute Gasteiger partial charge is 0.478 e. The minimum Gasteiger partial charge on any atom is -0.478 e. The van der Waals surface area contributed by atoms with E-state index in [-0.39, 0.29) is 15.9 Å². The van der Waals surface area contributed by atoms with Gasteiger partial charge >= 0.3 is 5.97 Å². The van der Waals surface area contributed by atoms with Crippen LogP contribution in [0.3, 0.4) is 0 Å². The predicted octanol–water partition coefficient (Wildman–Crippen LogP) is 2.63. The van der Waals surface area contributed by atoms with E-state index in [2.05, 4.69) is 11.6 Å². The van der Waals surface area contributed by atoms with Crippen molar-refractivity contribution in [2.75, 3.05) is 6.54 Å². The summed E-state index contributed by atoms with van der Waals surface area (Å²) in [5.74, 6) is -1.07. The van der Waals surface area contributed by atoms with E-state index in [1.807, 2.05) is 0 Å². The molecule has 0 heterocycles. The molecule has 116 valence electrons. The molecule has 2 N–H and O–H groups in total. The normalized spacial score (nSPS) is 17.8. The fourth-order valence-corrected chi connectivity index (χ4v) is 4.05. The van der Waals surface area contributed by atoms with Crippen LogP contribution in [0, 0.1) is 5.41 Å². The van der Waals surface area contributed by atoms with Crippen LogP contribution in [0.25, 0.3) is 0 Å². The summed E-state index contributed by atoms with van der Waals surface area (Å²) < 4.78 is 27.2. The molecule has 21 heavy (non-hydrogen) atoms. The van der Waals surface area contributed by atoms with E-state index in [9.17, 15) is 13.2 Å². The molecule has 1 aliphatic rings. The van der Waals surface area contributed by atoms with Gasteiger partial charge in [-0.25, -0.2) is 17.9 Å². The van der Waals surface area contributed by atoms with E-state index < -0.39 is 16.0 Å². The van der Waals surface area contributed by atoms with Crippen LogP contribution in [-0.4, -0.2) is 26.0 Å². The van der Waals surface area contributed by atoms with E-state index in [0.29, 0.717) is 6.54 Å². The van der Waals surface area contributed by atoms with Crippen LogP contribution in [0.1, 0.15) is 49.4 Å². The summed E-state index contributed by atoms with van der Waals surface area (Å²) >= 11 is 0. The van der Waals surface area contributed by atoms with Gasteiger partial charge in [-0.05, 0) is 48.9 Å². The third-order valence-corrected chi connectivity index (χ3v) is 5.88. The molecule has 0 spiro atoms. The lowest BCUT2D eigenvalue weighted by molar-refractivity contribution is 0.0696. The number of rotatable bonds is 6. The quantitative estimate of drug-likeness (QED) is 0.846. The first-order chi connectivity index (χ1) is 9.88. The summed E-state index contributed by atoms with van der Waals surface area (Å²) in [5, 5.41) is 8.83. The van der Waals surface area contributed by atoms with Crippen molar-refractivity contribution >= 4 is 16.0 Å². The van der Waals surface area contributed by atoms with Crippen molar-refractivity contribution in [1.82, 2.24) is 4.72 Å². The molecule has 0 atom stereocenters. The van der Waals surface area contributed by atoms with Gasteiger partial charge in [0.2, 0.25) is 10.0 Å². The lowest BCUT2D eigenvalue weighted by Crippen LogP contribution is -2.35.